The first-order chi connectivity index (χ1) is 6.42. The maximum atomic E-state index is 5.30. The van der Waals surface area contributed by atoms with Gasteiger partial charge in [0.25, 0.3) is 0 Å². The molecule has 1 radical (unpaired) electrons. The van der Waals surface area contributed by atoms with Crippen molar-refractivity contribution in [2.24, 2.45) is 17.8 Å². The molecule has 0 aromatic carbocycles. The van der Waals surface area contributed by atoms with Gasteiger partial charge in [0.15, 0.2) is 9.76 Å². The Morgan fingerprint density at radius 2 is 1.85 bits per heavy atom. The molecule has 2 aliphatic carbocycles. The van der Waals surface area contributed by atoms with E-state index in [1.165, 1.54) is 18.9 Å². The summed E-state index contributed by atoms with van der Waals surface area (Å²) in [6.45, 7) is 0. The lowest BCUT2D eigenvalue weighted by Crippen LogP contribution is -2.06. The lowest BCUT2D eigenvalue weighted by molar-refractivity contribution is 0.372. The predicted octanol–water partition coefficient (Wildman–Crippen LogP) is 1.27. The second-order valence-corrected chi connectivity index (χ2v) is 7.47. The molecule has 13 heavy (non-hydrogen) atoms. The molecular weight excluding hydrogens is 192 g/mol. The van der Waals surface area contributed by atoms with Gasteiger partial charge in [0.05, 0.1) is 0 Å². The van der Waals surface area contributed by atoms with Crippen molar-refractivity contribution in [2.75, 3.05) is 0 Å². The number of rotatable bonds is 7. The average molecular weight is 213 g/mol. The fourth-order valence-electron chi connectivity index (χ4n) is 2.46. The van der Waals surface area contributed by atoms with Crippen LogP contribution in [0.4, 0.5) is 0 Å². The molecule has 1 nitrogen and oxygen atoms in total. The lowest BCUT2D eigenvalue weighted by atomic mass is 9.93. The molecule has 0 aromatic heterocycles. The van der Waals surface area contributed by atoms with E-state index in [0.29, 0.717) is 9.76 Å². The van der Waals surface area contributed by atoms with E-state index in [1.54, 1.807) is 25.7 Å². The van der Waals surface area contributed by atoms with Crippen molar-refractivity contribution in [3.8, 4) is 0 Å². The van der Waals surface area contributed by atoms with Crippen molar-refractivity contribution >= 4 is 20.2 Å². The second kappa shape index (κ2) is 4.76. The molecule has 0 amide bonds. The van der Waals surface area contributed by atoms with Crippen molar-refractivity contribution in [2.45, 2.75) is 44.6 Å². The third-order valence-electron chi connectivity index (χ3n) is 3.48. The van der Waals surface area contributed by atoms with Crippen molar-refractivity contribution in [3.63, 3.8) is 0 Å². The van der Waals surface area contributed by atoms with Crippen LogP contribution in [0.3, 0.4) is 0 Å². The van der Waals surface area contributed by atoms with Crippen molar-refractivity contribution in [1.29, 1.82) is 0 Å². The molecule has 0 unspecified atom stereocenters. The topological polar surface area (TPSA) is 9.23 Å². The van der Waals surface area contributed by atoms with E-state index in [4.69, 9.17) is 4.12 Å². The van der Waals surface area contributed by atoms with Crippen LogP contribution in [0.5, 0.6) is 0 Å². The van der Waals surface area contributed by atoms with Crippen LogP contribution in [0, 0.1) is 17.8 Å². The quantitative estimate of drug-likeness (QED) is 0.457. The third-order valence-corrected chi connectivity index (χ3v) is 5.46. The molecular formula is C10H21OSi2. The maximum Gasteiger partial charge on any atom is 0.177 e. The van der Waals surface area contributed by atoms with Crippen LogP contribution >= 0.6 is 0 Å². The Balaban J connectivity index is 1.59. The predicted molar refractivity (Wildman–Crippen MR) is 61.2 cm³/mol. The molecule has 0 N–H and O–H groups in total. The van der Waals surface area contributed by atoms with Gasteiger partial charge < -0.3 is 4.12 Å². The SMILES string of the molecule is [SiH3]O[SiH]CCCC(C1CC1)C1CC1. The van der Waals surface area contributed by atoms with Gasteiger partial charge in [-0.25, -0.2) is 0 Å². The summed E-state index contributed by atoms with van der Waals surface area (Å²) < 4.78 is 5.30. The molecule has 75 valence electrons. The Morgan fingerprint density at radius 1 is 1.23 bits per heavy atom. The van der Waals surface area contributed by atoms with Crippen molar-refractivity contribution in [3.05, 3.63) is 0 Å². The van der Waals surface area contributed by atoms with Crippen molar-refractivity contribution in [1.82, 2.24) is 0 Å². The average Bonchev–Trinajstić information content (AvgIpc) is 2.99. The zero-order valence-electron chi connectivity index (χ0n) is 8.67. The van der Waals surface area contributed by atoms with Gasteiger partial charge in [0.2, 0.25) is 0 Å². The zero-order valence-corrected chi connectivity index (χ0v) is 11.8. The molecule has 3 heteroatoms. The summed E-state index contributed by atoms with van der Waals surface area (Å²) in [6.07, 6.45) is 9.16. The summed E-state index contributed by atoms with van der Waals surface area (Å²) in [5, 5.41) is 0. The molecule has 0 aromatic rings. The lowest BCUT2D eigenvalue weighted by Gasteiger charge is -2.14. The fourth-order valence-corrected chi connectivity index (χ4v) is 3.80. The van der Waals surface area contributed by atoms with Gasteiger partial charge in [-0.1, -0.05) is 12.8 Å². The monoisotopic (exact) mass is 213 g/mol. The highest BCUT2D eigenvalue weighted by Gasteiger charge is 2.40. The smallest absolute Gasteiger partial charge is 0.177 e. The van der Waals surface area contributed by atoms with Crippen LogP contribution in [-0.2, 0) is 4.12 Å². The van der Waals surface area contributed by atoms with Crippen LogP contribution in [0.2, 0.25) is 6.04 Å². The van der Waals surface area contributed by atoms with Gasteiger partial charge in [-0.15, -0.1) is 0 Å². The normalized spacial score (nSPS) is 22.8. The summed E-state index contributed by atoms with van der Waals surface area (Å²) in [5.74, 6) is 3.44. The second-order valence-electron chi connectivity index (χ2n) is 4.67. The van der Waals surface area contributed by atoms with Gasteiger partial charge in [-0.3, -0.25) is 0 Å². The van der Waals surface area contributed by atoms with E-state index < -0.39 is 0 Å². The first kappa shape index (κ1) is 9.93. The summed E-state index contributed by atoms with van der Waals surface area (Å²) in [6, 6.07) is 1.39. The van der Waals surface area contributed by atoms with E-state index in [-0.39, 0.29) is 0 Å². The number of hydrogen-bond acceptors (Lipinski definition) is 1. The molecule has 0 spiro atoms. The minimum Gasteiger partial charge on any atom is -0.466 e. The fraction of sp³-hybridized carbons (Fsp3) is 1.00. The summed E-state index contributed by atoms with van der Waals surface area (Å²) >= 11 is 0. The largest absolute Gasteiger partial charge is 0.466 e. The number of hydrogen-bond donors (Lipinski definition) is 0. The zero-order chi connectivity index (χ0) is 9.10. The maximum absolute atomic E-state index is 5.30. The van der Waals surface area contributed by atoms with Gasteiger partial charge in [0.1, 0.15) is 10.5 Å². The summed E-state index contributed by atoms with van der Waals surface area (Å²) in [5.41, 5.74) is 0. The Hall–Kier alpha value is 0.394. The molecule has 2 aliphatic rings. The Kier molecular flexibility index (Phi) is 3.63. The van der Waals surface area contributed by atoms with Gasteiger partial charge in [-0.05, 0) is 49.5 Å². The molecule has 2 fully saturated rings. The minimum atomic E-state index is 0.368. The van der Waals surface area contributed by atoms with Crippen molar-refractivity contribution < 1.29 is 4.12 Å². The summed E-state index contributed by atoms with van der Waals surface area (Å²) in [7, 11) is 1.33. The summed E-state index contributed by atoms with van der Waals surface area (Å²) in [4.78, 5) is 0. The Morgan fingerprint density at radius 3 is 2.31 bits per heavy atom. The van der Waals surface area contributed by atoms with Gasteiger partial charge in [-0.2, -0.15) is 0 Å². The highest BCUT2D eigenvalue weighted by atomic mass is 28.3. The third kappa shape index (κ3) is 3.22. The first-order valence-electron chi connectivity index (χ1n) is 5.76. The van der Waals surface area contributed by atoms with Crippen LogP contribution in [0.1, 0.15) is 38.5 Å². The van der Waals surface area contributed by atoms with E-state index in [0.717, 1.165) is 28.2 Å². The first-order valence-corrected chi connectivity index (χ1v) is 7.86. The van der Waals surface area contributed by atoms with Crippen LogP contribution in [0.15, 0.2) is 0 Å². The molecule has 0 bridgehead atoms. The van der Waals surface area contributed by atoms with E-state index in [2.05, 4.69) is 0 Å². The van der Waals surface area contributed by atoms with E-state index in [1.807, 2.05) is 0 Å². The standard InChI is InChI=1S/C10H21OSi2/c12-11-13-7-1-2-10(8-3-4-8)9-5-6-9/h8-10,13H,1-7H2,12H3. The molecule has 0 aliphatic heterocycles. The highest BCUT2D eigenvalue weighted by Crippen LogP contribution is 2.51. The molecule has 0 atom stereocenters. The van der Waals surface area contributed by atoms with E-state index >= 15 is 0 Å². The Bertz CT molecular complexity index is 143. The molecule has 2 rings (SSSR count). The van der Waals surface area contributed by atoms with Crippen LogP contribution in [-0.4, -0.2) is 20.2 Å². The molecule has 0 saturated heterocycles. The van der Waals surface area contributed by atoms with E-state index in [9.17, 15) is 0 Å². The van der Waals surface area contributed by atoms with Gasteiger partial charge in [0, 0.05) is 0 Å². The minimum absolute atomic E-state index is 0.368. The Labute approximate surface area is 87.1 Å². The van der Waals surface area contributed by atoms with Crippen LogP contribution < -0.4 is 0 Å². The molecule has 2 saturated carbocycles. The van der Waals surface area contributed by atoms with Gasteiger partial charge >= 0.3 is 0 Å². The molecule has 0 heterocycles. The van der Waals surface area contributed by atoms with Crippen LogP contribution in [0.25, 0.3) is 0 Å². The highest BCUT2D eigenvalue weighted by molar-refractivity contribution is 6.34.